The Morgan fingerprint density at radius 1 is 1.29 bits per heavy atom. The highest BCUT2D eigenvalue weighted by molar-refractivity contribution is 7.92. The average Bonchev–Trinajstić information content (AvgIpc) is 2.33. The fraction of sp³-hybridized carbons (Fsp3) is 0.455. The minimum Gasteiger partial charge on any atom is -0.398 e. The van der Waals surface area contributed by atoms with Gasteiger partial charge in [0, 0.05) is 13.2 Å². The predicted molar refractivity (Wildman–Crippen MR) is 61.8 cm³/mol. The third kappa shape index (κ3) is 2.42. The Labute approximate surface area is 99.5 Å². The molecule has 1 aromatic rings. The van der Waals surface area contributed by atoms with Gasteiger partial charge in [0.15, 0.2) is 9.84 Å². The van der Waals surface area contributed by atoms with Crippen LogP contribution in [0.4, 0.5) is 10.1 Å². The minimum absolute atomic E-state index is 0.0953. The summed E-state index contributed by atoms with van der Waals surface area (Å²) in [5.74, 6) is -0.593. The number of rotatable bonds is 2. The van der Waals surface area contributed by atoms with Gasteiger partial charge in [-0.05, 0) is 31.0 Å². The number of nitrogens with two attached hydrogens (primary N) is 1. The molecule has 2 N–H and O–H groups in total. The fourth-order valence-corrected chi connectivity index (χ4v) is 3.77. The molecule has 17 heavy (non-hydrogen) atoms. The molecule has 1 saturated heterocycles. The molecule has 6 heteroatoms. The number of ether oxygens (including phenoxy) is 1. The first-order chi connectivity index (χ1) is 8.01. The van der Waals surface area contributed by atoms with Crippen molar-refractivity contribution in [3.8, 4) is 0 Å². The van der Waals surface area contributed by atoms with E-state index in [4.69, 9.17) is 10.5 Å². The van der Waals surface area contributed by atoms with Gasteiger partial charge in [-0.1, -0.05) is 0 Å². The second-order valence-corrected chi connectivity index (χ2v) is 6.24. The lowest BCUT2D eigenvalue weighted by Gasteiger charge is -2.22. The van der Waals surface area contributed by atoms with Gasteiger partial charge in [0.25, 0.3) is 0 Å². The molecule has 0 atom stereocenters. The van der Waals surface area contributed by atoms with Gasteiger partial charge in [-0.3, -0.25) is 0 Å². The molecular formula is C11H14FNO3S. The number of benzene rings is 1. The van der Waals surface area contributed by atoms with Crippen LogP contribution in [0, 0.1) is 5.82 Å². The first kappa shape index (κ1) is 12.3. The van der Waals surface area contributed by atoms with E-state index >= 15 is 0 Å². The summed E-state index contributed by atoms with van der Waals surface area (Å²) in [5.41, 5.74) is 5.70. The Hall–Kier alpha value is -1.14. The lowest BCUT2D eigenvalue weighted by atomic mass is 10.2. The van der Waals surface area contributed by atoms with Crippen LogP contribution in [-0.2, 0) is 14.6 Å². The third-order valence-electron chi connectivity index (χ3n) is 2.89. The SMILES string of the molecule is Nc1ccc(F)cc1S(=O)(=O)C1CCOCC1. The third-order valence-corrected chi connectivity index (χ3v) is 5.20. The van der Waals surface area contributed by atoms with Crippen LogP contribution < -0.4 is 5.73 Å². The second kappa shape index (κ2) is 4.62. The Balaban J connectivity index is 2.40. The number of hydrogen-bond donors (Lipinski definition) is 1. The van der Waals surface area contributed by atoms with Crippen molar-refractivity contribution in [2.75, 3.05) is 18.9 Å². The van der Waals surface area contributed by atoms with Crippen molar-refractivity contribution < 1.29 is 17.5 Å². The summed E-state index contributed by atoms with van der Waals surface area (Å²) < 4.78 is 42.7. The van der Waals surface area contributed by atoms with Crippen LogP contribution in [0.5, 0.6) is 0 Å². The molecule has 0 aliphatic carbocycles. The van der Waals surface area contributed by atoms with Crippen molar-refractivity contribution >= 4 is 15.5 Å². The van der Waals surface area contributed by atoms with E-state index in [-0.39, 0.29) is 10.6 Å². The largest absolute Gasteiger partial charge is 0.398 e. The minimum atomic E-state index is -3.56. The van der Waals surface area contributed by atoms with Crippen molar-refractivity contribution in [3.05, 3.63) is 24.0 Å². The van der Waals surface area contributed by atoms with Crippen LogP contribution in [0.25, 0.3) is 0 Å². The molecule has 0 bridgehead atoms. The quantitative estimate of drug-likeness (QED) is 0.814. The van der Waals surface area contributed by atoms with E-state index in [2.05, 4.69) is 0 Å². The van der Waals surface area contributed by atoms with Gasteiger partial charge in [0.1, 0.15) is 5.82 Å². The van der Waals surface area contributed by atoms with Crippen molar-refractivity contribution in [3.63, 3.8) is 0 Å². The number of anilines is 1. The zero-order chi connectivity index (χ0) is 12.5. The van der Waals surface area contributed by atoms with Gasteiger partial charge in [-0.15, -0.1) is 0 Å². The number of nitrogen functional groups attached to an aromatic ring is 1. The molecule has 94 valence electrons. The van der Waals surface area contributed by atoms with Crippen molar-refractivity contribution in [2.45, 2.75) is 23.0 Å². The highest BCUT2D eigenvalue weighted by Crippen LogP contribution is 2.28. The average molecular weight is 259 g/mol. The molecule has 0 unspecified atom stereocenters. The highest BCUT2D eigenvalue weighted by atomic mass is 32.2. The van der Waals surface area contributed by atoms with Gasteiger partial charge in [0.2, 0.25) is 0 Å². The molecule has 0 spiro atoms. The molecule has 0 amide bonds. The van der Waals surface area contributed by atoms with Crippen molar-refractivity contribution in [2.24, 2.45) is 0 Å². The zero-order valence-corrected chi connectivity index (χ0v) is 10.0. The van der Waals surface area contributed by atoms with Crippen LogP contribution in [0.2, 0.25) is 0 Å². The topological polar surface area (TPSA) is 69.4 Å². The standard InChI is InChI=1S/C11H14FNO3S/c12-8-1-2-10(13)11(7-8)17(14,15)9-3-5-16-6-4-9/h1-2,7,9H,3-6,13H2. The summed E-state index contributed by atoms with van der Waals surface area (Å²) in [6.45, 7) is 0.832. The first-order valence-corrected chi connectivity index (χ1v) is 6.93. The van der Waals surface area contributed by atoms with E-state index in [1.807, 2.05) is 0 Å². The molecule has 1 aromatic carbocycles. The van der Waals surface area contributed by atoms with Gasteiger partial charge in [-0.25, -0.2) is 12.8 Å². The Bertz CT molecular complexity index is 509. The summed E-state index contributed by atoms with van der Waals surface area (Å²) >= 11 is 0. The maximum Gasteiger partial charge on any atom is 0.183 e. The molecule has 1 aliphatic rings. The smallest absolute Gasteiger partial charge is 0.183 e. The van der Waals surface area contributed by atoms with Crippen LogP contribution in [-0.4, -0.2) is 26.9 Å². The maximum atomic E-state index is 13.1. The first-order valence-electron chi connectivity index (χ1n) is 5.38. The summed E-state index contributed by atoms with van der Waals surface area (Å²) in [4.78, 5) is -0.107. The maximum absolute atomic E-state index is 13.1. The highest BCUT2D eigenvalue weighted by Gasteiger charge is 2.31. The van der Waals surface area contributed by atoms with E-state index in [1.54, 1.807) is 0 Å². The fourth-order valence-electron chi connectivity index (χ4n) is 1.92. The van der Waals surface area contributed by atoms with Gasteiger partial charge in [0.05, 0.1) is 15.8 Å². The summed E-state index contributed by atoms with van der Waals surface area (Å²) in [5, 5.41) is -0.527. The number of halogens is 1. The van der Waals surface area contributed by atoms with Crippen molar-refractivity contribution in [1.82, 2.24) is 0 Å². The Morgan fingerprint density at radius 2 is 1.94 bits per heavy atom. The van der Waals surface area contributed by atoms with E-state index in [0.717, 1.165) is 12.1 Å². The summed E-state index contributed by atoms with van der Waals surface area (Å²) in [6, 6.07) is 3.42. The zero-order valence-electron chi connectivity index (χ0n) is 9.23. The number of hydrogen-bond acceptors (Lipinski definition) is 4. The predicted octanol–water partition coefficient (Wildman–Crippen LogP) is 1.36. The van der Waals surface area contributed by atoms with E-state index in [1.165, 1.54) is 6.07 Å². The van der Waals surface area contributed by atoms with E-state index in [0.29, 0.717) is 26.1 Å². The molecular weight excluding hydrogens is 245 g/mol. The molecule has 0 radical (unpaired) electrons. The lowest BCUT2D eigenvalue weighted by Crippen LogP contribution is -2.29. The summed E-state index contributed by atoms with van der Waals surface area (Å²) in [6.07, 6.45) is 0.858. The second-order valence-electron chi connectivity index (χ2n) is 4.04. The molecule has 0 aromatic heterocycles. The molecule has 1 aliphatic heterocycles. The van der Waals surface area contributed by atoms with Crippen LogP contribution >= 0.6 is 0 Å². The van der Waals surface area contributed by atoms with E-state index < -0.39 is 20.9 Å². The van der Waals surface area contributed by atoms with E-state index in [9.17, 15) is 12.8 Å². The Kier molecular flexibility index (Phi) is 3.35. The lowest BCUT2D eigenvalue weighted by molar-refractivity contribution is 0.0983. The van der Waals surface area contributed by atoms with Crippen LogP contribution in [0.15, 0.2) is 23.1 Å². The van der Waals surface area contributed by atoms with Gasteiger partial charge >= 0.3 is 0 Å². The van der Waals surface area contributed by atoms with Crippen LogP contribution in [0.3, 0.4) is 0 Å². The monoisotopic (exact) mass is 259 g/mol. The van der Waals surface area contributed by atoms with Crippen molar-refractivity contribution in [1.29, 1.82) is 0 Å². The molecule has 1 heterocycles. The normalized spacial score (nSPS) is 18.2. The van der Waals surface area contributed by atoms with Gasteiger partial charge < -0.3 is 10.5 Å². The molecule has 4 nitrogen and oxygen atoms in total. The summed E-state index contributed by atoms with van der Waals surface area (Å²) in [7, 11) is -3.56. The number of sulfone groups is 1. The Morgan fingerprint density at radius 3 is 2.59 bits per heavy atom. The molecule has 1 fully saturated rings. The molecule has 2 rings (SSSR count). The van der Waals surface area contributed by atoms with Crippen LogP contribution in [0.1, 0.15) is 12.8 Å². The molecule has 0 saturated carbocycles. The van der Waals surface area contributed by atoms with Gasteiger partial charge in [-0.2, -0.15) is 0 Å².